The molecule has 0 radical (unpaired) electrons. The van der Waals surface area contributed by atoms with Crippen LogP contribution in [-0.2, 0) is 24.2 Å². The molecule has 7 nitrogen and oxygen atoms in total. The van der Waals surface area contributed by atoms with Gasteiger partial charge in [0.05, 0.1) is 12.1 Å². The Morgan fingerprint density at radius 1 is 1.31 bits per heavy atom. The largest absolute Gasteiger partial charge is 0.369 e. The van der Waals surface area contributed by atoms with Crippen molar-refractivity contribution in [2.45, 2.75) is 45.6 Å². The van der Waals surface area contributed by atoms with Crippen molar-refractivity contribution >= 4 is 5.91 Å². The maximum Gasteiger partial charge on any atom is 0.225 e. The molecular formula is C19H22N6O. The third kappa shape index (κ3) is 3.00. The van der Waals surface area contributed by atoms with Gasteiger partial charge >= 0.3 is 0 Å². The van der Waals surface area contributed by atoms with Crippen molar-refractivity contribution in [1.82, 2.24) is 24.5 Å². The van der Waals surface area contributed by atoms with E-state index in [-0.39, 0.29) is 12.3 Å². The summed E-state index contributed by atoms with van der Waals surface area (Å²) in [6.45, 7) is 4.98. The Morgan fingerprint density at radius 2 is 2.15 bits per heavy atom. The minimum Gasteiger partial charge on any atom is -0.369 e. The number of nitrogens with zero attached hydrogens (tertiary/aromatic N) is 5. The minimum atomic E-state index is -0.420. The van der Waals surface area contributed by atoms with E-state index in [1.165, 1.54) is 5.69 Å². The van der Waals surface area contributed by atoms with Crippen LogP contribution in [0, 0.1) is 13.8 Å². The molecule has 1 unspecified atom stereocenters. The van der Waals surface area contributed by atoms with Gasteiger partial charge in [0.1, 0.15) is 5.82 Å². The number of hydrogen-bond donors (Lipinski definition) is 1. The first-order valence-corrected chi connectivity index (χ1v) is 8.83. The average molecular weight is 350 g/mol. The third-order valence-corrected chi connectivity index (χ3v) is 4.92. The Kier molecular flexibility index (Phi) is 4.06. The lowest BCUT2D eigenvalue weighted by atomic mass is 9.95. The summed E-state index contributed by atoms with van der Waals surface area (Å²) in [5.74, 6) is 1.18. The first-order chi connectivity index (χ1) is 12.5. The molecule has 0 spiro atoms. The lowest BCUT2D eigenvalue weighted by Gasteiger charge is -2.23. The van der Waals surface area contributed by atoms with Crippen LogP contribution < -0.4 is 5.73 Å². The highest BCUT2D eigenvalue weighted by atomic mass is 16.1. The molecule has 0 fully saturated rings. The number of amides is 1. The van der Waals surface area contributed by atoms with E-state index < -0.39 is 5.91 Å². The molecule has 7 heteroatoms. The van der Waals surface area contributed by atoms with Crippen molar-refractivity contribution < 1.29 is 4.79 Å². The van der Waals surface area contributed by atoms with Crippen LogP contribution in [0.25, 0.3) is 5.69 Å². The van der Waals surface area contributed by atoms with Crippen LogP contribution in [0.15, 0.2) is 30.5 Å². The second-order valence-electron chi connectivity index (χ2n) is 6.97. The zero-order valence-electron chi connectivity index (χ0n) is 15.0. The molecular weight excluding hydrogens is 328 g/mol. The van der Waals surface area contributed by atoms with Gasteiger partial charge in [-0.2, -0.15) is 10.2 Å². The molecule has 1 atom stereocenters. The molecule has 0 saturated heterocycles. The molecule has 0 saturated carbocycles. The SMILES string of the molecule is Cc1ccc(C)c(-n2nc(CC(N)=O)nc2C2CCn3nccc3C2)c1. The van der Waals surface area contributed by atoms with Gasteiger partial charge in [0.15, 0.2) is 5.82 Å². The summed E-state index contributed by atoms with van der Waals surface area (Å²) in [6, 6.07) is 8.32. The monoisotopic (exact) mass is 350 g/mol. The first-order valence-electron chi connectivity index (χ1n) is 8.83. The zero-order chi connectivity index (χ0) is 18.3. The van der Waals surface area contributed by atoms with Gasteiger partial charge in [-0.3, -0.25) is 9.48 Å². The molecule has 2 N–H and O–H groups in total. The molecule has 1 amide bonds. The first kappa shape index (κ1) is 16.5. The highest BCUT2D eigenvalue weighted by molar-refractivity contribution is 5.75. The fraction of sp³-hybridized carbons (Fsp3) is 0.368. The summed E-state index contributed by atoms with van der Waals surface area (Å²) in [5, 5.41) is 8.97. The number of nitrogens with two attached hydrogens (primary N) is 1. The van der Waals surface area contributed by atoms with Crippen LogP contribution in [0.1, 0.15) is 40.8 Å². The van der Waals surface area contributed by atoms with Crippen molar-refractivity contribution in [1.29, 1.82) is 0 Å². The second-order valence-corrected chi connectivity index (χ2v) is 6.97. The standard InChI is InChI=1S/C19H22N6O/c1-12-3-4-13(2)16(9-12)25-19(22-18(23-25)11-17(20)26)14-6-8-24-15(10-14)5-7-21-24/h3-5,7,9,14H,6,8,10-11H2,1-2H3,(H2,20,26). The number of aromatic nitrogens is 5. The number of primary amides is 1. The third-order valence-electron chi connectivity index (χ3n) is 4.92. The summed E-state index contributed by atoms with van der Waals surface area (Å²) in [5.41, 5.74) is 9.85. The molecule has 134 valence electrons. The molecule has 3 aromatic rings. The molecule has 0 aliphatic carbocycles. The molecule has 2 aromatic heterocycles. The number of aryl methyl sites for hydroxylation is 3. The molecule has 0 bridgehead atoms. The molecule has 26 heavy (non-hydrogen) atoms. The van der Waals surface area contributed by atoms with Gasteiger partial charge in [0.25, 0.3) is 0 Å². The minimum absolute atomic E-state index is 0.0511. The highest BCUT2D eigenvalue weighted by Crippen LogP contribution is 2.30. The predicted octanol–water partition coefficient (Wildman–Crippen LogP) is 1.84. The number of carbonyl (C=O) groups is 1. The second kappa shape index (κ2) is 6.40. The van der Waals surface area contributed by atoms with E-state index >= 15 is 0 Å². The summed E-state index contributed by atoms with van der Waals surface area (Å²) < 4.78 is 3.94. The Morgan fingerprint density at radius 3 is 2.96 bits per heavy atom. The van der Waals surface area contributed by atoms with E-state index in [4.69, 9.17) is 10.7 Å². The number of hydrogen-bond acceptors (Lipinski definition) is 4. The molecule has 1 aromatic carbocycles. The molecule has 1 aliphatic heterocycles. The Bertz CT molecular complexity index is 970. The number of carbonyl (C=O) groups excluding carboxylic acids is 1. The lowest BCUT2D eigenvalue weighted by molar-refractivity contribution is -0.117. The highest BCUT2D eigenvalue weighted by Gasteiger charge is 2.27. The number of fused-ring (bicyclic) bond motifs is 1. The molecule has 1 aliphatic rings. The smallest absolute Gasteiger partial charge is 0.225 e. The van der Waals surface area contributed by atoms with Crippen LogP contribution in [0.2, 0.25) is 0 Å². The Hall–Kier alpha value is -2.96. The van der Waals surface area contributed by atoms with Gasteiger partial charge in [0.2, 0.25) is 5.91 Å². The average Bonchev–Trinajstić information content (AvgIpc) is 3.22. The fourth-order valence-corrected chi connectivity index (χ4v) is 3.58. The van der Waals surface area contributed by atoms with Gasteiger partial charge in [-0.15, -0.1) is 0 Å². The van der Waals surface area contributed by atoms with E-state index in [9.17, 15) is 4.79 Å². The maximum atomic E-state index is 11.4. The van der Waals surface area contributed by atoms with Crippen molar-refractivity contribution in [3.63, 3.8) is 0 Å². The van der Waals surface area contributed by atoms with Crippen molar-refractivity contribution in [3.8, 4) is 5.69 Å². The van der Waals surface area contributed by atoms with Crippen molar-refractivity contribution in [2.24, 2.45) is 5.73 Å². The van der Waals surface area contributed by atoms with Crippen LogP contribution in [-0.4, -0.2) is 30.5 Å². The maximum absolute atomic E-state index is 11.4. The number of benzene rings is 1. The van der Waals surface area contributed by atoms with Crippen molar-refractivity contribution in [3.05, 3.63) is 58.9 Å². The summed E-state index contributed by atoms with van der Waals surface area (Å²) in [6.07, 6.45) is 3.69. The Labute approximate surface area is 151 Å². The van der Waals surface area contributed by atoms with Crippen LogP contribution >= 0.6 is 0 Å². The lowest BCUT2D eigenvalue weighted by Crippen LogP contribution is -2.21. The Balaban J connectivity index is 1.79. The van der Waals surface area contributed by atoms with Gasteiger partial charge < -0.3 is 5.73 Å². The van der Waals surface area contributed by atoms with E-state index in [1.54, 1.807) is 0 Å². The van der Waals surface area contributed by atoms with Crippen LogP contribution in [0.3, 0.4) is 0 Å². The molecule has 4 rings (SSSR count). The predicted molar refractivity (Wildman–Crippen MR) is 97.0 cm³/mol. The van der Waals surface area contributed by atoms with E-state index in [2.05, 4.69) is 48.3 Å². The van der Waals surface area contributed by atoms with E-state index in [0.29, 0.717) is 5.82 Å². The fourth-order valence-electron chi connectivity index (χ4n) is 3.58. The normalized spacial score (nSPS) is 16.5. The zero-order valence-corrected chi connectivity index (χ0v) is 15.0. The quantitative estimate of drug-likeness (QED) is 0.777. The van der Waals surface area contributed by atoms with Crippen molar-refractivity contribution in [2.75, 3.05) is 0 Å². The number of rotatable bonds is 4. The van der Waals surface area contributed by atoms with E-state index in [1.807, 2.05) is 15.6 Å². The van der Waals surface area contributed by atoms with E-state index in [0.717, 1.165) is 42.0 Å². The van der Waals surface area contributed by atoms with Crippen LogP contribution in [0.4, 0.5) is 0 Å². The van der Waals surface area contributed by atoms with Crippen LogP contribution in [0.5, 0.6) is 0 Å². The van der Waals surface area contributed by atoms with Gasteiger partial charge in [-0.1, -0.05) is 12.1 Å². The summed E-state index contributed by atoms with van der Waals surface area (Å²) in [4.78, 5) is 16.1. The summed E-state index contributed by atoms with van der Waals surface area (Å²) in [7, 11) is 0. The summed E-state index contributed by atoms with van der Waals surface area (Å²) >= 11 is 0. The van der Waals surface area contributed by atoms with Gasteiger partial charge in [0, 0.05) is 24.4 Å². The van der Waals surface area contributed by atoms with Gasteiger partial charge in [-0.25, -0.2) is 9.67 Å². The molecule has 3 heterocycles. The van der Waals surface area contributed by atoms with Gasteiger partial charge in [-0.05, 0) is 49.9 Å². The topological polar surface area (TPSA) is 91.6 Å².